The number of ether oxygens (including phenoxy) is 1. The van der Waals surface area contributed by atoms with Crippen molar-refractivity contribution in [2.45, 2.75) is 31.5 Å². The Morgan fingerprint density at radius 1 is 1.44 bits per heavy atom. The van der Waals surface area contributed by atoms with Crippen molar-refractivity contribution >= 4 is 5.82 Å². The van der Waals surface area contributed by atoms with Crippen LogP contribution in [0.4, 0.5) is 19.0 Å². The van der Waals surface area contributed by atoms with E-state index in [1.807, 2.05) is 6.92 Å². The molecule has 1 aromatic rings. The van der Waals surface area contributed by atoms with Gasteiger partial charge in [-0.1, -0.05) is 6.07 Å². The van der Waals surface area contributed by atoms with E-state index >= 15 is 0 Å². The monoisotopic (exact) mass is 260 g/mol. The number of alkyl halides is 3. The highest BCUT2D eigenvalue weighted by molar-refractivity contribution is 5.36. The Kier molecular flexibility index (Phi) is 3.47. The molecule has 0 aromatic carbocycles. The lowest BCUT2D eigenvalue weighted by Crippen LogP contribution is -2.32. The van der Waals surface area contributed by atoms with Gasteiger partial charge in [0.1, 0.15) is 11.5 Å². The summed E-state index contributed by atoms with van der Waals surface area (Å²) in [7, 11) is 0. The average Bonchev–Trinajstić information content (AvgIpc) is 2.74. The molecule has 3 nitrogen and oxygen atoms in total. The predicted octanol–water partition coefficient (Wildman–Crippen LogP) is 3.08. The van der Waals surface area contributed by atoms with Crippen molar-refractivity contribution in [3.8, 4) is 0 Å². The Hall–Kier alpha value is -1.30. The number of anilines is 1. The summed E-state index contributed by atoms with van der Waals surface area (Å²) in [5.41, 5.74) is -1.19. The Morgan fingerprint density at radius 2 is 2.22 bits per heavy atom. The minimum Gasteiger partial charge on any atom is -0.373 e. The van der Waals surface area contributed by atoms with Crippen molar-refractivity contribution in [2.24, 2.45) is 0 Å². The predicted molar refractivity (Wildman–Crippen MR) is 61.3 cm³/mol. The number of aromatic nitrogens is 1. The van der Waals surface area contributed by atoms with Gasteiger partial charge in [0.25, 0.3) is 0 Å². The largest absolute Gasteiger partial charge is 0.433 e. The Balaban J connectivity index is 2.01. The van der Waals surface area contributed by atoms with Gasteiger partial charge >= 0.3 is 6.18 Å². The van der Waals surface area contributed by atoms with Crippen molar-refractivity contribution in [3.05, 3.63) is 23.9 Å². The van der Waals surface area contributed by atoms with Crippen LogP contribution in [0, 0.1) is 0 Å². The van der Waals surface area contributed by atoms with Gasteiger partial charge in [-0.05, 0) is 31.9 Å². The van der Waals surface area contributed by atoms with Crippen LogP contribution < -0.4 is 5.32 Å². The molecule has 1 N–H and O–H groups in total. The minimum atomic E-state index is -4.41. The van der Waals surface area contributed by atoms with Gasteiger partial charge < -0.3 is 10.1 Å². The van der Waals surface area contributed by atoms with E-state index in [1.165, 1.54) is 12.1 Å². The van der Waals surface area contributed by atoms with E-state index in [-0.39, 0.29) is 11.4 Å². The molecule has 0 radical (unpaired) electrons. The maximum absolute atomic E-state index is 12.5. The summed E-state index contributed by atoms with van der Waals surface area (Å²) in [4.78, 5) is 3.54. The van der Waals surface area contributed by atoms with Gasteiger partial charge in [0, 0.05) is 13.2 Å². The molecule has 6 heteroatoms. The summed E-state index contributed by atoms with van der Waals surface area (Å²) >= 11 is 0. The van der Waals surface area contributed by atoms with Crippen molar-refractivity contribution in [1.82, 2.24) is 4.98 Å². The SMILES string of the molecule is CC1(CNc2cccc(C(F)(F)F)n2)CCCO1. The van der Waals surface area contributed by atoms with Gasteiger partial charge in [-0.2, -0.15) is 13.2 Å². The first-order valence-corrected chi connectivity index (χ1v) is 5.81. The normalized spacial score (nSPS) is 24.2. The quantitative estimate of drug-likeness (QED) is 0.906. The summed E-state index contributed by atoms with van der Waals surface area (Å²) in [6.45, 7) is 3.11. The second kappa shape index (κ2) is 4.76. The van der Waals surface area contributed by atoms with Crippen LogP contribution in [-0.4, -0.2) is 23.7 Å². The Morgan fingerprint density at radius 3 is 2.83 bits per heavy atom. The molecule has 0 aliphatic carbocycles. The molecule has 18 heavy (non-hydrogen) atoms. The van der Waals surface area contributed by atoms with Crippen LogP contribution in [0.3, 0.4) is 0 Å². The van der Waals surface area contributed by atoms with E-state index in [1.54, 1.807) is 0 Å². The van der Waals surface area contributed by atoms with Gasteiger partial charge in [-0.15, -0.1) is 0 Å². The summed E-state index contributed by atoms with van der Waals surface area (Å²) < 4.78 is 43.0. The number of rotatable bonds is 3. The molecule has 1 aliphatic heterocycles. The molecule has 0 bridgehead atoms. The smallest absolute Gasteiger partial charge is 0.373 e. The minimum absolute atomic E-state index is 0.224. The van der Waals surface area contributed by atoms with E-state index in [4.69, 9.17) is 4.74 Å². The van der Waals surface area contributed by atoms with E-state index in [0.717, 1.165) is 18.9 Å². The molecule has 1 aliphatic rings. The van der Waals surface area contributed by atoms with Crippen LogP contribution in [0.25, 0.3) is 0 Å². The van der Waals surface area contributed by atoms with Crippen molar-refractivity contribution in [3.63, 3.8) is 0 Å². The molecular weight excluding hydrogens is 245 g/mol. The Labute approximate surface area is 103 Å². The highest BCUT2D eigenvalue weighted by Crippen LogP contribution is 2.29. The van der Waals surface area contributed by atoms with Crippen LogP contribution in [0.15, 0.2) is 18.2 Å². The lowest BCUT2D eigenvalue weighted by atomic mass is 10.0. The lowest BCUT2D eigenvalue weighted by molar-refractivity contribution is -0.141. The van der Waals surface area contributed by atoms with Crippen molar-refractivity contribution in [1.29, 1.82) is 0 Å². The average molecular weight is 260 g/mol. The number of nitrogens with one attached hydrogen (secondary N) is 1. The van der Waals surface area contributed by atoms with E-state index in [2.05, 4.69) is 10.3 Å². The van der Waals surface area contributed by atoms with Crippen molar-refractivity contribution < 1.29 is 17.9 Å². The maximum atomic E-state index is 12.5. The molecule has 1 unspecified atom stereocenters. The fraction of sp³-hybridized carbons (Fsp3) is 0.583. The summed E-state index contributed by atoms with van der Waals surface area (Å²) in [6.07, 6.45) is -2.53. The number of hydrogen-bond acceptors (Lipinski definition) is 3. The van der Waals surface area contributed by atoms with Crippen LogP contribution in [0.1, 0.15) is 25.5 Å². The third-order valence-corrected chi connectivity index (χ3v) is 2.98. The van der Waals surface area contributed by atoms with Gasteiger partial charge in [-0.25, -0.2) is 4.98 Å². The Bertz CT molecular complexity index is 414. The number of halogens is 3. The molecular formula is C12H15F3N2O. The zero-order valence-electron chi connectivity index (χ0n) is 10.0. The number of nitrogens with zero attached hydrogens (tertiary/aromatic N) is 1. The topological polar surface area (TPSA) is 34.2 Å². The second-order valence-electron chi connectivity index (χ2n) is 4.66. The number of hydrogen-bond donors (Lipinski definition) is 1. The molecule has 0 spiro atoms. The van der Waals surface area contributed by atoms with Crippen LogP contribution in [-0.2, 0) is 10.9 Å². The highest BCUT2D eigenvalue weighted by atomic mass is 19.4. The van der Waals surface area contributed by atoms with Crippen LogP contribution in [0.2, 0.25) is 0 Å². The molecule has 0 saturated carbocycles. The summed E-state index contributed by atoms with van der Waals surface area (Å²) in [5.74, 6) is 0.224. The van der Waals surface area contributed by atoms with Gasteiger partial charge in [0.05, 0.1) is 5.60 Å². The zero-order chi connectivity index (χ0) is 13.2. The fourth-order valence-electron chi connectivity index (χ4n) is 1.94. The van der Waals surface area contributed by atoms with Crippen molar-refractivity contribution in [2.75, 3.05) is 18.5 Å². The molecule has 2 heterocycles. The lowest BCUT2D eigenvalue weighted by Gasteiger charge is -2.23. The molecule has 100 valence electrons. The van der Waals surface area contributed by atoms with Gasteiger partial charge in [0.2, 0.25) is 0 Å². The highest BCUT2D eigenvalue weighted by Gasteiger charge is 2.33. The third kappa shape index (κ3) is 3.13. The molecule has 1 atom stereocenters. The second-order valence-corrected chi connectivity index (χ2v) is 4.66. The molecule has 1 saturated heterocycles. The van der Waals surface area contributed by atoms with E-state index in [9.17, 15) is 13.2 Å². The number of pyridine rings is 1. The first kappa shape index (κ1) is 13.1. The van der Waals surface area contributed by atoms with E-state index < -0.39 is 11.9 Å². The zero-order valence-corrected chi connectivity index (χ0v) is 10.0. The standard InChI is InChI=1S/C12H15F3N2O/c1-11(6-3-7-18-11)8-16-10-5-2-4-9(17-10)12(13,14)15/h2,4-5H,3,6-8H2,1H3,(H,16,17). The van der Waals surface area contributed by atoms with Crippen LogP contribution >= 0.6 is 0 Å². The first-order valence-electron chi connectivity index (χ1n) is 5.81. The third-order valence-electron chi connectivity index (χ3n) is 2.98. The maximum Gasteiger partial charge on any atom is 0.433 e. The molecule has 1 fully saturated rings. The fourth-order valence-corrected chi connectivity index (χ4v) is 1.94. The van der Waals surface area contributed by atoms with E-state index in [0.29, 0.717) is 13.2 Å². The first-order chi connectivity index (χ1) is 8.39. The molecule has 0 amide bonds. The molecule has 1 aromatic heterocycles. The molecule has 2 rings (SSSR count). The van der Waals surface area contributed by atoms with Crippen LogP contribution in [0.5, 0.6) is 0 Å². The summed E-state index contributed by atoms with van der Waals surface area (Å²) in [6, 6.07) is 3.82. The van der Waals surface area contributed by atoms with Gasteiger partial charge in [-0.3, -0.25) is 0 Å². The van der Waals surface area contributed by atoms with Gasteiger partial charge in [0.15, 0.2) is 0 Å². The summed E-state index contributed by atoms with van der Waals surface area (Å²) in [5, 5.41) is 2.90.